The molecule has 1 atom stereocenters. The van der Waals surface area contributed by atoms with Crippen molar-refractivity contribution in [3.05, 3.63) is 76.4 Å². The lowest BCUT2D eigenvalue weighted by molar-refractivity contribution is 0.866. The van der Waals surface area contributed by atoms with Crippen LogP contribution in [0.1, 0.15) is 17.2 Å². The Hall–Kier alpha value is -1.71. The molecule has 0 saturated carbocycles. The first-order valence-electron chi connectivity index (χ1n) is 6.10. The number of para-hydroxylation sites is 1. The minimum Gasteiger partial charge on any atom is -0.320 e. The number of nitrogens with two attached hydrogens (primary N) is 1. The molecule has 1 unspecified atom stereocenters. The van der Waals surface area contributed by atoms with Crippen molar-refractivity contribution in [3.8, 4) is 0 Å². The number of benzene rings is 2. The summed E-state index contributed by atoms with van der Waals surface area (Å²) in [5.74, 6) is 0. The van der Waals surface area contributed by atoms with Gasteiger partial charge < -0.3 is 5.73 Å². The van der Waals surface area contributed by atoms with Crippen molar-refractivity contribution in [2.45, 2.75) is 6.04 Å². The van der Waals surface area contributed by atoms with Gasteiger partial charge in [0.15, 0.2) is 0 Å². The average Bonchev–Trinajstić information content (AvgIpc) is 2.47. The molecular formula is C16H13BrN2. The summed E-state index contributed by atoms with van der Waals surface area (Å²) < 4.78 is 1.06. The van der Waals surface area contributed by atoms with Crippen LogP contribution in [0.25, 0.3) is 10.9 Å². The van der Waals surface area contributed by atoms with E-state index in [1.807, 2.05) is 48.7 Å². The van der Waals surface area contributed by atoms with Crippen LogP contribution in [0.4, 0.5) is 0 Å². The molecule has 3 heteroatoms. The van der Waals surface area contributed by atoms with Crippen LogP contribution in [0.15, 0.2) is 65.3 Å². The number of hydrogen-bond acceptors (Lipinski definition) is 2. The Morgan fingerprint density at radius 2 is 1.68 bits per heavy atom. The Morgan fingerprint density at radius 1 is 0.947 bits per heavy atom. The molecule has 0 fully saturated rings. The van der Waals surface area contributed by atoms with Crippen molar-refractivity contribution < 1.29 is 0 Å². The van der Waals surface area contributed by atoms with Gasteiger partial charge in [-0.1, -0.05) is 46.3 Å². The monoisotopic (exact) mass is 312 g/mol. The summed E-state index contributed by atoms with van der Waals surface area (Å²) in [5, 5.41) is 1.12. The van der Waals surface area contributed by atoms with E-state index >= 15 is 0 Å². The molecule has 2 nitrogen and oxygen atoms in total. The number of halogens is 1. The van der Waals surface area contributed by atoms with Gasteiger partial charge in [0.25, 0.3) is 0 Å². The van der Waals surface area contributed by atoms with Crippen LogP contribution in [-0.2, 0) is 0 Å². The third kappa shape index (κ3) is 2.53. The molecule has 2 N–H and O–H groups in total. The molecule has 0 aliphatic rings. The van der Waals surface area contributed by atoms with Crippen LogP contribution >= 0.6 is 15.9 Å². The highest BCUT2D eigenvalue weighted by atomic mass is 79.9. The maximum Gasteiger partial charge on any atom is 0.0702 e. The highest BCUT2D eigenvalue weighted by Gasteiger charge is 2.09. The Kier molecular flexibility index (Phi) is 3.32. The number of fused-ring (bicyclic) bond motifs is 1. The van der Waals surface area contributed by atoms with Crippen molar-refractivity contribution in [2.75, 3.05) is 0 Å². The molecule has 0 radical (unpaired) electrons. The number of nitrogens with zero attached hydrogens (tertiary/aromatic N) is 1. The van der Waals surface area contributed by atoms with Gasteiger partial charge >= 0.3 is 0 Å². The largest absolute Gasteiger partial charge is 0.320 e. The molecule has 1 aromatic heterocycles. The molecular weight excluding hydrogens is 300 g/mol. The first kappa shape index (κ1) is 12.3. The van der Waals surface area contributed by atoms with Gasteiger partial charge in [-0.2, -0.15) is 0 Å². The third-order valence-corrected chi connectivity index (χ3v) is 3.73. The fraction of sp³-hybridized carbons (Fsp3) is 0.0625. The Morgan fingerprint density at radius 3 is 2.47 bits per heavy atom. The molecule has 94 valence electrons. The third-order valence-electron chi connectivity index (χ3n) is 3.20. The van der Waals surface area contributed by atoms with Crippen LogP contribution in [0.2, 0.25) is 0 Å². The van der Waals surface area contributed by atoms with Crippen molar-refractivity contribution in [3.63, 3.8) is 0 Å². The van der Waals surface area contributed by atoms with Crippen LogP contribution in [0, 0.1) is 0 Å². The predicted octanol–water partition coefficient (Wildman–Crippen LogP) is 4.05. The SMILES string of the molecule is NC(c1ccc(Br)cc1)c1cnc2ccccc2c1. The van der Waals surface area contributed by atoms with Gasteiger partial charge in [-0.05, 0) is 35.4 Å². The second-order valence-corrected chi connectivity index (χ2v) is 5.41. The molecule has 0 amide bonds. The van der Waals surface area contributed by atoms with Crippen molar-refractivity contribution in [1.82, 2.24) is 4.98 Å². The van der Waals surface area contributed by atoms with E-state index in [1.165, 1.54) is 0 Å². The van der Waals surface area contributed by atoms with Gasteiger partial charge in [0.05, 0.1) is 11.6 Å². The van der Waals surface area contributed by atoms with Gasteiger partial charge in [-0.15, -0.1) is 0 Å². The number of rotatable bonds is 2. The van der Waals surface area contributed by atoms with Gasteiger partial charge in [0.2, 0.25) is 0 Å². The predicted molar refractivity (Wildman–Crippen MR) is 81.9 cm³/mol. The first-order valence-corrected chi connectivity index (χ1v) is 6.89. The highest BCUT2D eigenvalue weighted by molar-refractivity contribution is 9.10. The molecule has 1 heterocycles. The minimum atomic E-state index is -0.148. The number of hydrogen-bond donors (Lipinski definition) is 1. The Bertz CT molecular complexity index is 707. The zero-order chi connectivity index (χ0) is 13.2. The highest BCUT2D eigenvalue weighted by Crippen LogP contribution is 2.23. The van der Waals surface area contributed by atoms with Crippen LogP contribution in [0.5, 0.6) is 0 Å². The van der Waals surface area contributed by atoms with E-state index in [-0.39, 0.29) is 6.04 Å². The normalized spacial score (nSPS) is 12.5. The molecule has 0 aliphatic heterocycles. The molecule has 3 rings (SSSR count). The van der Waals surface area contributed by atoms with Gasteiger partial charge in [0.1, 0.15) is 0 Å². The lowest BCUT2D eigenvalue weighted by atomic mass is 10.00. The summed E-state index contributed by atoms with van der Waals surface area (Å²) in [6.45, 7) is 0. The molecule has 2 aromatic carbocycles. The summed E-state index contributed by atoms with van der Waals surface area (Å²) in [5.41, 5.74) is 9.41. The van der Waals surface area contributed by atoms with Crippen LogP contribution in [-0.4, -0.2) is 4.98 Å². The van der Waals surface area contributed by atoms with E-state index in [1.54, 1.807) is 0 Å². The topological polar surface area (TPSA) is 38.9 Å². The second kappa shape index (κ2) is 5.11. The van der Waals surface area contributed by atoms with E-state index in [0.29, 0.717) is 0 Å². The molecule has 0 aliphatic carbocycles. The van der Waals surface area contributed by atoms with E-state index in [9.17, 15) is 0 Å². The maximum atomic E-state index is 6.30. The fourth-order valence-electron chi connectivity index (χ4n) is 2.12. The summed E-state index contributed by atoms with van der Waals surface area (Å²) in [6.07, 6.45) is 1.86. The lowest BCUT2D eigenvalue weighted by Crippen LogP contribution is -2.11. The van der Waals surface area contributed by atoms with Crippen molar-refractivity contribution in [2.24, 2.45) is 5.73 Å². The lowest BCUT2D eigenvalue weighted by Gasteiger charge is -2.13. The van der Waals surface area contributed by atoms with E-state index in [0.717, 1.165) is 26.5 Å². The molecule has 0 bridgehead atoms. The fourth-order valence-corrected chi connectivity index (χ4v) is 2.39. The Labute approximate surface area is 120 Å². The van der Waals surface area contributed by atoms with Crippen molar-refractivity contribution >= 4 is 26.8 Å². The van der Waals surface area contributed by atoms with Gasteiger partial charge in [-0.25, -0.2) is 0 Å². The van der Waals surface area contributed by atoms with Crippen LogP contribution < -0.4 is 5.73 Å². The van der Waals surface area contributed by atoms with Gasteiger partial charge in [0, 0.05) is 16.1 Å². The smallest absolute Gasteiger partial charge is 0.0702 e. The van der Waals surface area contributed by atoms with Gasteiger partial charge in [-0.3, -0.25) is 4.98 Å². The average molecular weight is 313 g/mol. The molecule has 19 heavy (non-hydrogen) atoms. The molecule has 0 saturated heterocycles. The maximum absolute atomic E-state index is 6.30. The van der Waals surface area contributed by atoms with Crippen molar-refractivity contribution in [1.29, 1.82) is 0 Å². The summed E-state index contributed by atoms with van der Waals surface area (Å²) in [6, 6.07) is 18.1. The van der Waals surface area contributed by atoms with E-state index < -0.39 is 0 Å². The minimum absolute atomic E-state index is 0.148. The standard InChI is InChI=1S/C16H13BrN2/c17-14-7-5-11(6-8-14)16(18)13-9-12-3-1-2-4-15(12)19-10-13/h1-10,16H,18H2. The number of pyridine rings is 1. The summed E-state index contributed by atoms with van der Waals surface area (Å²) in [7, 11) is 0. The molecule has 0 spiro atoms. The second-order valence-electron chi connectivity index (χ2n) is 4.49. The zero-order valence-corrected chi connectivity index (χ0v) is 11.8. The quantitative estimate of drug-likeness (QED) is 0.775. The number of aromatic nitrogens is 1. The summed E-state index contributed by atoms with van der Waals surface area (Å²) >= 11 is 3.43. The Balaban J connectivity index is 2.01. The zero-order valence-electron chi connectivity index (χ0n) is 10.3. The van der Waals surface area contributed by atoms with Crippen LogP contribution in [0.3, 0.4) is 0 Å². The molecule has 3 aromatic rings. The van der Waals surface area contributed by atoms with E-state index in [2.05, 4.69) is 33.0 Å². The van der Waals surface area contributed by atoms with E-state index in [4.69, 9.17) is 5.73 Å². The summed E-state index contributed by atoms with van der Waals surface area (Å²) in [4.78, 5) is 4.46. The first-order chi connectivity index (χ1) is 9.24.